The van der Waals surface area contributed by atoms with Crippen molar-refractivity contribution in [2.24, 2.45) is 0 Å². The molecule has 13 heavy (non-hydrogen) atoms. The zero-order valence-electron chi connectivity index (χ0n) is 6.87. The van der Waals surface area contributed by atoms with Gasteiger partial charge in [0.05, 0.1) is 5.56 Å². The van der Waals surface area contributed by atoms with Crippen LogP contribution in [-0.2, 0) is 0 Å². The molecule has 0 amide bonds. The molecular formula is C8H9NO4. The maximum absolute atomic E-state index is 11.2. The third-order valence-corrected chi connectivity index (χ3v) is 2.44. The second-order valence-corrected chi connectivity index (χ2v) is 3.21. The number of hydrogen-bond acceptors (Lipinski definition) is 3. The lowest BCUT2D eigenvalue weighted by atomic mass is 9.80. The average Bonchev–Trinajstić information content (AvgIpc) is 2.30. The fourth-order valence-electron chi connectivity index (χ4n) is 1.54. The Kier molecular flexibility index (Phi) is 1.72. The van der Waals surface area contributed by atoms with E-state index >= 15 is 0 Å². The van der Waals surface area contributed by atoms with Gasteiger partial charge in [-0.1, -0.05) is 6.42 Å². The first-order valence-electron chi connectivity index (χ1n) is 4.15. The monoisotopic (exact) mass is 183 g/mol. The minimum absolute atomic E-state index is 0.0774. The fourth-order valence-corrected chi connectivity index (χ4v) is 1.54. The molecule has 2 rings (SSSR count). The Morgan fingerprint density at radius 1 is 1.54 bits per heavy atom. The van der Waals surface area contributed by atoms with E-state index in [0.717, 1.165) is 19.3 Å². The molecule has 0 spiro atoms. The Morgan fingerprint density at radius 3 is 2.69 bits per heavy atom. The number of aromatic amines is 1. The maximum Gasteiger partial charge on any atom is 0.375 e. The van der Waals surface area contributed by atoms with E-state index in [4.69, 9.17) is 5.11 Å². The van der Waals surface area contributed by atoms with Crippen LogP contribution in [0.25, 0.3) is 0 Å². The van der Waals surface area contributed by atoms with Gasteiger partial charge in [-0.05, 0) is 18.8 Å². The molecule has 1 saturated carbocycles. The highest BCUT2D eigenvalue weighted by atomic mass is 16.5. The minimum atomic E-state index is -1.18. The first-order valence-corrected chi connectivity index (χ1v) is 4.15. The molecule has 5 nitrogen and oxygen atoms in total. The second kappa shape index (κ2) is 2.76. The van der Waals surface area contributed by atoms with E-state index in [1.165, 1.54) is 0 Å². The number of aromatic nitrogens is 1. The van der Waals surface area contributed by atoms with E-state index in [-0.39, 0.29) is 11.7 Å². The van der Waals surface area contributed by atoms with Crippen molar-refractivity contribution in [3.8, 4) is 0 Å². The number of aromatic carboxylic acids is 1. The summed E-state index contributed by atoms with van der Waals surface area (Å²) < 4.78 is 4.58. The lowest BCUT2D eigenvalue weighted by Crippen LogP contribution is -2.19. The number of H-pyrrole nitrogens is 1. The number of rotatable bonds is 2. The summed E-state index contributed by atoms with van der Waals surface area (Å²) in [4.78, 5) is 21.8. The molecule has 2 N–H and O–H groups in total. The minimum Gasteiger partial charge on any atom is -0.475 e. The highest BCUT2D eigenvalue weighted by Gasteiger charge is 2.30. The highest BCUT2D eigenvalue weighted by molar-refractivity contribution is 5.86. The molecule has 0 saturated heterocycles. The number of carboxylic acid groups (broad SMARTS) is 1. The molecule has 1 fully saturated rings. The summed E-state index contributed by atoms with van der Waals surface area (Å²) in [6.45, 7) is 0. The largest absolute Gasteiger partial charge is 0.475 e. The van der Waals surface area contributed by atoms with Crippen molar-refractivity contribution in [3.63, 3.8) is 0 Å². The molecule has 0 unspecified atom stereocenters. The van der Waals surface area contributed by atoms with E-state index in [1.54, 1.807) is 0 Å². The van der Waals surface area contributed by atoms with Gasteiger partial charge in [0.2, 0.25) is 5.76 Å². The van der Waals surface area contributed by atoms with Crippen molar-refractivity contribution < 1.29 is 14.4 Å². The van der Waals surface area contributed by atoms with Gasteiger partial charge in [-0.2, -0.15) is 5.16 Å². The van der Waals surface area contributed by atoms with Crippen LogP contribution >= 0.6 is 0 Å². The number of nitrogens with one attached hydrogen (secondary N) is 1. The van der Waals surface area contributed by atoms with Crippen LogP contribution in [0.15, 0.2) is 9.32 Å². The zero-order chi connectivity index (χ0) is 9.42. The van der Waals surface area contributed by atoms with Crippen LogP contribution in [0.3, 0.4) is 0 Å². The number of carboxylic acids is 1. The molecule has 5 heteroatoms. The molecule has 1 aliphatic carbocycles. The van der Waals surface area contributed by atoms with Crippen LogP contribution in [0.2, 0.25) is 0 Å². The van der Waals surface area contributed by atoms with Crippen LogP contribution in [0.4, 0.5) is 0 Å². The number of hydrogen-bond donors (Lipinski definition) is 2. The van der Waals surface area contributed by atoms with Gasteiger partial charge in [0.15, 0.2) is 0 Å². The topological polar surface area (TPSA) is 83.3 Å². The third-order valence-electron chi connectivity index (χ3n) is 2.44. The molecule has 0 bridgehead atoms. The lowest BCUT2D eigenvalue weighted by molar-refractivity contribution is 0.0648. The van der Waals surface area contributed by atoms with Crippen molar-refractivity contribution in [3.05, 3.63) is 21.7 Å². The Hall–Kier alpha value is -1.52. The van der Waals surface area contributed by atoms with Gasteiger partial charge >= 0.3 is 5.97 Å². The summed E-state index contributed by atoms with van der Waals surface area (Å²) >= 11 is 0. The Morgan fingerprint density at radius 2 is 2.23 bits per heavy atom. The fraction of sp³-hybridized carbons (Fsp3) is 0.500. The molecule has 0 radical (unpaired) electrons. The van der Waals surface area contributed by atoms with Crippen molar-refractivity contribution in [1.29, 1.82) is 0 Å². The summed E-state index contributed by atoms with van der Waals surface area (Å²) in [6, 6.07) is 0. The predicted octanol–water partition coefficient (Wildman–Crippen LogP) is 0.934. The molecular weight excluding hydrogens is 174 g/mol. The van der Waals surface area contributed by atoms with Gasteiger partial charge in [-0.25, -0.2) is 4.79 Å². The molecule has 1 aromatic rings. The summed E-state index contributed by atoms with van der Waals surface area (Å²) in [7, 11) is 0. The SMILES string of the molecule is O=C(O)c1o[nH]c(=O)c1C1CCC1. The van der Waals surface area contributed by atoms with Crippen molar-refractivity contribution in [1.82, 2.24) is 5.16 Å². The van der Waals surface area contributed by atoms with Gasteiger partial charge in [-0.3, -0.25) is 4.79 Å². The van der Waals surface area contributed by atoms with E-state index in [1.807, 2.05) is 0 Å². The van der Waals surface area contributed by atoms with Crippen molar-refractivity contribution in [2.75, 3.05) is 0 Å². The molecule has 1 aliphatic rings. The summed E-state index contributed by atoms with van der Waals surface area (Å²) in [5.74, 6) is -1.33. The summed E-state index contributed by atoms with van der Waals surface area (Å²) in [5, 5.41) is 10.8. The molecule has 0 aromatic carbocycles. The predicted molar refractivity (Wildman–Crippen MR) is 42.9 cm³/mol. The van der Waals surface area contributed by atoms with Gasteiger partial charge in [0.25, 0.3) is 5.56 Å². The van der Waals surface area contributed by atoms with Gasteiger partial charge in [-0.15, -0.1) is 0 Å². The summed E-state index contributed by atoms with van der Waals surface area (Å²) in [6.07, 6.45) is 2.81. The van der Waals surface area contributed by atoms with Crippen molar-refractivity contribution >= 4 is 5.97 Å². The molecule has 1 aromatic heterocycles. The molecule has 70 valence electrons. The standard InChI is InChI=1S/C8H9NO4/c10-7-5(4-2-1-3-4)6(8(11)12)13-9-7/h4H,1-3H2,(H,9,10)(H,11,12). The van der Waals surface area contributed by atoms with E-state index in [9.17, 15) is 9.59 Å². The van der Waals surface area contributed by atoms with Gasteiger partial charge in [0.1, 0.15) is 0 Å². The Balaban J connectivity index is 2.45. The Bertz CT molecular complexity index is 385. The normalized spacial score (nSPS) is 16.9. The van der Waals surface area contributed by atoms with Crippen LogP contribution in [-0.4, -0.2) is 16.2 Å². The molecule has 0 atom stereocenters. The summed E-state index contributed by atoms with van der Waals surface area (Å²) in [5.41, 5.74) is -0.0964. The van der Waals surface area contributed by atoms with Crippen LogP contribution in [0.5, 0.6) is 0 Å². The second-order valence-electron chi connectivity index (χ2n) is 3.21. The van der Waals surface area contributed by atoms with Crippen molar-refractivity contribution in [2.45, 2.75) is 25.2 Å². The molecule has 1 heterocycles. The van der Waals surface area contributed by atoms with Crippen LogP contribution in [0, 0.1) is 0 Å². The van der Waals surface area contributed by atoms with Gasteiger partial charge in [0, 0.05) is 0 Å². The molecule has 0 aliphatic heterocycles. The van der Waals surface area contributed by atoms with Crippen LogP contribution < -0.4 is 5.56 Å². The van der Waals surface area contributed by atoms with E-state index < -0.39 is 11.5 Å². The zero-order valence-corrected chi connectivity index (χ0v) is 6.87. The quantitative estimate of drug-likeness (QED) is 0.714. The first kappa shape index (κ1) is 8.10. The maximum atomic E-state index is 11.2. The first-order chi connectivity index (χ1) is 6.20. The van der Waals surface area contributed by atoms with Crippen LogP contribution in [0.1, 0.15) is 41.3 Å². The third kappa shape index (κ3) is 1.16. The Labute approximate surface area is 73.3 Å². The smallest absolute Gasteiger partial charge is 0.375 e. The average molecular weight is 183 g/mol. The highest BCUT2D eigenvalue weighted by Crippen LogP contribution is 2.36. The van der Waals surface area contributed by atoms with Gasteiger partial charge < -0.3 is 9.63 Å². The lowest BCUT2D eigenvalue weighted by Gasteiger charge is -2.23. The number of carbonyl (C=O) groups is 1. The van der Waals surface area contributed by atoms with E-state index in [2.05, 4.69) is 9.68 Å². The van der Waals surface area contributed by atoms with E-state index in [0.29, 0.717) is 5.56 Å².